The van der Waals surface area contributed by atoms with Crippen LogP contribution in [0, 0.1) is 0 Å². The average molecular weight is 596 g/mol. The highest BCUT2D eigenvalue weighted by Crippen LogP contribution is 2.44. The average Bonchev–Trinajstić information content (AvgIpc) is 3.10. The van der Waals surface area contributed by atoms with Gasteiger partial charge in [0.2, 0.25) is 3.79 Å². The monoisotopic (exact) mass is 593 g/mol. The number of carbonyl (C=O) groups excluding carboxylic acids is 3. The fourth-order valence-corrected chi connectivity index (χ4v) is 4.21. The molecular formula is C22H19BrCl3NO7. The van der Waals surface area contributed by atoms with Gasteiger partial charge in [-0.05, 0) is 33.6 Å². The number of benzene rings is 2. The number of nitrogens with one attached hydrogen (secondary N) is 1. The smallest absolute Gasteiger partial charge is 0.408 e. The summed E-state index contributed by atoms with van der Waals surface area (Å²) in [5.41, 5.74) is 1.85. The van der Waals surface area contributed by atoms with E-state index in [9.17, 15) is 14.4 Å². The normalized spacial score (nSPS) is 15.7. The number of hydrogen-bond donors (Lipinski definition) is 1. The number of carbonyl (C=O) groups is 3. The maximum Gasteiger partial charge on any atom is 0.408 e. The predicted octanol–water partition coefficient (Wildman–Crippen LogP) is 4.69. The van der Waals surface area contributed by atoms with E-state index in [1.807, 2.05) is 0 Å². The molecule has 0 aromatic heterocycles. The number of para-hydroxylation sites is 1. The van der Waals surface area contributed by atoms with Gasteiger partial charge in [0.25, 0.3) is 0 Å². The Bertz CT molecular complexity index is 1110. The molecule has 12 heteroatoms. The Hall–Kier alpha value is -2.20. The zero-order valence-corrected chi connectivity index (χ0v) is 21.8. The van der Waals surface area contributed by atoms with Crippen molar-refractivity contribution in [3.05, 3.63) is 57.6 Å². The van der Waals surface area contributed by atoms with Crippen molar-refractivity contribution >= 4 is 68.8 Å². The molecule has 1 N–H and O–H groups in total. The van der Waals surface area contributed by atoms with Gasteiger partial charge in [0.15, 0.2) is 0 Å². The number of amides is 1. The number of alkyl carbamates (subject to hydrolysis) is 1. The van der Waals surface area contributed by atoms with Gasteiger partial charge >= 0.3 is 18.0 Å². The molecule has 1 amide bonds. The fraction of sp³-hybridized carbons (Fsp3) is 0.318. The van der Waals surface area contributed by atoms with Gasteiger partial charge in [0, 0.05) is 17.5 Å². The van der Waals surface area contributed by atoms with E-state index < -0.39 is 40.4 Å². The third-order valence-corrected chi connectivity index (χ3v) is 5.88. The Labute approximate surface area is 218 Å². The molecule has 0 spiro atoms. The first-order valence-electron chi connectivity index (χ1n) is 9.78. The molecule has 0 saturated carbocycles. The van der Waals surface area contributed by atoms with Crippen LogP contribution < -0.4 is 14.8 Å². The summed E-state index contributed by atoms with van der Waals surface area (Å²) < 4.78 is 19.4. The van der Waals surface area contributed by atoms with Crippen LogP contribution in [0.1, 0.15) is 22.6 Å². The largest absolute Gasteiger partial charge is 0.495 e. The molecule has 1 heterocycles. The van der Waals surface area contributed by atoms with Gasteiger partial charge in [-0.2, -0.15) is 0 Å². The molecule has 2 atom stereocenters. The highest BCUT2D eigenvalue weighted by atomic mass is 79.9. The standard InChI is InChI=1S/C22H19BrCl3NO7/c1-31-18-12(4-3-5-14(18)23)17-13-8-11(6-7-16(13)34-20(17)29)9-15(19(28)32-2)27-21(30)33-10-22(24,25)26/h3-8,15,17H,9-10H2,1-2H3,(H,27,30)/t15-,17?/m0/s1. The molecule has 182 valence electrons. The number of methoxy groups -OCH3 is 2. The lowest BCUT2D eigenvalue weighted by Crippen LogP contribution is -2.43. The van der Waals surface area contributed by atoms with Gasteiger partial charge in [-0.25, -0.2) is 9.59 Å². The van der Waals surface area contributed by atoms with Crippen molar-refractivity contribution < 1.29 is 33.3 Å². The first-order valence-corrected chi connectivity index (χ1v) is 11.7. The zero-order valence-electron chi connectivity index (χ0n) is 17.9. The molecule has 0 saturated heterocycles. The highest BCUT2D eigenvalue weighted by Gasteiger charge is 2.37. The first-order chi connectivity index (χ1) is 16.0. The van der Waals surface area contributed by atoms with Gasteiger partial charge in [-0.15, -0.1) is 0 Å². The van der Waals surface area contributed by atoms with Crippen LogP contribution in [0.3, 0.4) is 0 Å². The number of hydrogen-bond acceptors (Lipinski definition) is 7. The van der Waals surface area contributed by atoms with Gasteiger partial charge in [0.05, 0.1) is 18.7 Å². The van der Waals surface area contributed by atoms with E-state index in [4.69, 9.17) is 53.8 Å². The molecule has 8 nitrogen and oxygen atoms in total. The molecule has 1 aliphatic heterocycles. The molecule has 3 rings (SSSR count). The topological polar surface area (TPSA) is 100 Å². The first kappa shape index (κ1) is 26.4. The van der Waals surface area contributed by atoms with Crippen molar-refractivity contribution in [2.75, 3.05) is 20.8 Å². The number of esters is 2. The third kappa shape index (κ3) is 6.27. The lowest BCUT2D eigenvalue weighted by molar-refractivity contribution is -0.143. The highest BCUT2D eigenvalue weighted by molar-refractivity contribution is 9.10. The number of rotatable bonds is 7. The predicted molar refractivity (Wildman–Crippen MR) is 129 cm³/mol. The summed E-state index contributed by atoms with van der Waals surface area (Å²) >= 11 is 20.2. The van der Waals surface area contributed by atoms with E-state index in [0.717, 1.165) is 0 Å². The Kier molecular flexibility index (Phi) is 8.57. The van der Waals surface area contributed by atoms with Crippen LogP contribution in [0.25, 0.3) is 0 Å². The van der Waals surface area contributed by atoms with Gasteiger partial charge in [-0.3, -0.25) is 4.79 Å². The van der Waals surface area contributed by atoms with Crippen LogP contribution >= 0.6 is 50.7 Å². The molecule has 2 aromatic rings. The van der Waals surface area contributed by atoms with Crippen LogP contribution in [0.2, 0.25) is 0 Å². The number of halogens is 4. The van der Waals surface area contributed by atoms with E-state index in [-0.39, 0.29) is 6.42 Å². The molecule has 0 fully saturated rings. The van der Waals surface area contributed by atoms with Crippen molar-refractivity contribution in [3.63, 3.8) is 0 Å². The Morgan fingerprint density at radius 1 is 1.18 bits per heavy atom. The number of ether oxygens (including phenoxy) is 4. The third-order valence-electron chi connectivity index (χ3n) is 4.93. The summed E-state index contributed by atoms with van der Waals surface area (Å²) in [4.78, 5) is 37.1. The molecule has 0 radical (unpaired) electrons. The number of alkyl halides is 3. The SMILES string of the molecule is COC(=O)[C@H](Cc1ccc2c(c1)C(c1cccc(Br)c1OC)C(=O)O2)NC(=O)OCC(Cl)(Cl)Cl. The minimum atomic E-state index is -1.80. The molecule has 1 unspecified atom stereocenters. The quantitative estimate of drug-likeness (QED) is 0.282. The summed E-state index contributed by atoms with van der Waals surface area (Å²) in [5.74, 6) is -0.995. The Balaban J connectivity index is 1.86. The fourth-order valence-electron chi connectivity index (χ4n) is 3.50. The van der Waals surface area contributed by atoms with Crippen LogP contribution in [-0.2, 0) is 25.5 Å². The number of fused-ring (bicyclic) bond motifs is 1. The summed E-state index contributed by atoms with van der Waals surface area (Å²) in [7, 11) is 2.70. The maximum absolute atomic E-state index is 12.7. The van der Waals surface area contributed by atoms with Gasteiger partial charge in [0.1, 0.15) is 30.1 Å². The van der Waals surface area contributed by atoms with Crippen LogP contribution in [0.4, 0.5) is 4.79 Å². The minimum Gasteiger partial charge on any atom is -0.495 e. The van der Waals surface area contributed by atoms with Crippen LogP contribution in [-0.4, -0.2) is 48.7 Å². The van der Waals surface area contributed by atoms with E-state index >= 15 is 0 Å². The van der Waals surface area contributed by atoms with Gasteiger partial charge in [-0.1, -0.05) is 59.1 Å². The second-order valence-electron chi connectivity index (χ2n) is 7.20. The minimum absolute atomic E-state index is 0.0410. The van der Waals surface area contributed by atoms with Crippen LogP contribution in [0.15, 0.2) is 40.9 Å². The lowest BCUT2D eigenvalue weighted by Gasteiger charge is -2.18. The molecule has 2 aromatic carbocycles. The molecular weight excluding hydrogens is 577 g/mol. The van der Waals surface area contributed by atoms with E-state index in [1.54, 1.807) is 36.4 Å². The van der Waals surface area contributed by atoms with Crippen molar-refractivity contribution in [1.82, 2.24) is 5.32 Å². The second kappa shape index (κ2) is 11.0. The van der Waals surface area contributed by atoms with Gasteiger partial charge < -0.3 is 24.3 Å². The van der Waals surface area contributed by atoms with E-state index in [1.165, 1.54) is 14.2 Å². The Morgan fingerprint density at radius 3 is 2.56 bits per heavy atom. The van der Waals surface area contributed by atoms with Crippen molar-refractivity contribution in [2.24, 2.45) is 0 Å². The maximum atomic E-state index is 12.7. The van der Waals surface area contributed by atoms with E-state index in [0.29, 0.717) is 32.7 Å². The molecule has 34 heavy (non-hydrogen) atoms. The second-order valence-corrected chi connectivity index (χ2v) is 10.6. The van der Waals surface area contributed by atoms with Crippen molar-refractivity contribution in [2.45, 2.75) is 22.2 Å². The lowest BCUT2D eigenvalue weighted by atomic mass is 9.90. The van der Waals surface area contributed by atoms with E-state index in [2.05, 4.69) is 21.2 Å². The summed E-state index contributed by atoms with van der Waals surface area (Å²) in [6.07, 6.45) is -0.919. The van der Waals surface area contributed by atoms with Crippen molar-refractivity contribution in [1.29, 1.82) is 0 Å². The van der Waals surface area contributed by atoms with Crippen LogP contribution in [0.5, 0.6) is 11.5 Å². The molecule has 0 aliphatic carbocycles. The summed E-state index contributed by atoms with van der Waals surface area (Å²) in [5, 5.41) is 2.40. The van der Waals surface area contributed by atoms with Crippen molar-refractivity contribution in [3.8, 4) is 11.5 Å². The summed E-state index contributed by atoms with van der Waals surface area (Å²) in [6, 6.07) is 9.31. The molecule has 0 bridgehead atoms. The molecule has 1 aliphatic rings. The summed E-state index contributed by atoms with van der Waals surface area (Å²) in [6.45, 7) is -0.508. The Morgan fingerprint density at radius 2 is 1.91 bits per heavy atom. The zero-order chi connectivity index (χ0) is 25.0.